The lowest BCUT2D eigenvalue weighted by Gasteiger charge is -2.27. The van der Waals surface area contributed by atoms with E-state index in [0.29, 0.717) is 29.5 Å². The van der Waals surface area contributed by atoms with Crippen molar-refractivity contribution in [3.05, 3.63) is 23.8 Å². The molecule has 3 N–H and O–H groups in total. The zero-order valence-corrected chi connectivity index (χ0v) is 12.4. The molecule has 4 nitrogen and oxygen atoms in total. The van der Waals surface area contributed by atoms with Gasteiger partial charge in [-0.25, -0.2) is 0 Å². The van der Waals surface area contributed by atoms with Crippen LogP contribution in [0.3, 0.4) is 0 Å². The van der Waals surface area contributed by atoms with Crippen molar-refractivity contribution in [2.75, 3.05) is 19.4 Å². The van der Waals surface area contributed by atoms with E-state index in [1.165, 1.54) is 0 Å². The Bertz CT molecular complexity index is 450. The van der Waals surface area contributed by atoms with Gasteiger partial charge in [0.25, 0.3) is 5.91 Å². The highest BCUT2D eigenvalue weighted by Crippen LogP contribution is 2.24. The van der Waals surface area contributed by atoms with Gasteiger partial charge in [-0.1, -0.05) is 27.7 Å². The highest BCUT2D eigenvalue weighted by molar-refractivity contribution is 5.95. The van der Waals surface area contributed by atoms with Crippen molar-refractivity contribution in [1.29, 1.82) is 0 Å². The van der Waals surface area contributed by atoms with E-state index in [2.05, 4.69) is 33.0 Å². The summed E-state index contributed by atoms with van der Waals surface area (Å²) in [6.07, 6.45) is 0. The lowest BCUT2D eigenvalue weighted by atomic mass is 9.82. The van der Waals surface area contributed by atoms with Gasteiger partial charge >= 0.3 is 0 Å². The van der Waals surface area contributed by atoms with E-state index in [1.807, 2.05) is 0 Å². The minimum absolute atomic E-state index is 0.123. The van der Waals surface area contributed by atoms with Crippen molar-refractivity contribution in [2.45, 2.75) is 27.7 Å². The Labute approximate surface area is 115 Å². The lowest BCUT2D eigenvalue weighted by molar-refractivity contribution is 0.0936. The topological polar surface area (TPSA) is 64.3 Å². The monoisotopic (exact) mass is 264 g/mol. The molecule has 0 heterocycles. The van der Waals surface area contributed by atoms with E-state index in [4.69, 9.17) is 10.5 Å². The second-order valence-electron chi connectivity index (χ2n) is 5.97. The molecule has 4 heteroatoms. The Morgan fingerprint density at radius 3 is 2.53 bits per heavy atom. The number of hydrogen-bond donors (Lipinski definition) is 2. The molecule has 106 valence electrons. The second-order valence-corrected chi connectivity index (χ2v) is 5.97. The molecule has 0 aromatic heterocycles. The zero-order chi connectivity index (χ0) is 14.6. The van der Waals surface area contributed by atoms with Crippen LogP contribution in [0, 0.1) is 11.3 Å². The Morgan fingerprint density at radius 1 is 1.37 bits per heavy atom. The second kappa shape index (κ2) is 5.95. The molecule has 0 aliphatic heterocycles. The van der Waals surface area contributed by atoms with E-state index in [9.17, 15) is 4.79 Å². The first kappa shape index (κ1) is 15.3. The highest BCUT2D eigenvalue weighted by Gasteiger charge is 2.20. The summed E-state index contributed by atoms with van der Waals surface area (Å²) in [6, 6.07) is 5.03. The number of ether oxygens (including phenoxy) is 1. The predicted octanol–water partition coefficient (Wildman–Crippen LogP) is 2.69. The standard InChI is InChI=1S/C15H24N2O2/c1-10(15(2,3)4)9-17-14(18)11-6-12(16)8-13(7-11)19-5/h6-8,10H,9,16H2,1-5H3,(H,17,18). The Kier molecular flexibility index (Phi) is 4.81. The molecule has 0 fully saturated rings. The van der Waals surface area contributed by atoms with E-state index in [0.717, 1.165) is 0 Å². The van der Waals surface area contributed by atoms with Gasteiger partial charge in [0.2, 0.25) is 0 Å². The summed E-state index contributed by atoms with van der Waals surface area (Å²) in [5.74, 6) is 0.857. The summed E-state index contributed by atoms with van der Waals surface area (Å²) in [5.41, 5.74) is 6.95. The minimum atomic E-state index is -0.123. The number of anilines is 1. The largest absolute Gasteiger partial charge is 0.497 e. The summed E-state index contributed by atoms with van der Waals surface area (Å²) in [7, 11) is 1.55. The summed E-state index contributed by atoms with van der Waals surface area (Å²) in [6.45, 7) is 9.24. The van der Waals surface area contributed by atoms with Gasteiger partial charge in [0, 0.05) is 23.9 Å². The number of nitrogen functional groups attached to an aromatic ring is 1. The van der Waals surface area contributed by atoms with Crippen LogP contribution >= 0.6 is 0 Å². The highest BCUT2D eigenvalue weighted by atomic mass is 16.5. The van der Waals surface area contributed by atoms with Crippen LogP contribution in [0.5, 0.6) is 5.75 Å². The molecule has 1 atom stereocenters. The number of benzene rings is 1. The van der Waals surface area contributed by atoms with Crippen LogP contribution in [0.4, 0.5) is 5.69 Å². The molecule has 1 unspecified atom stereocenters. The van der Waals surface area contributed by atoms with Crippen LogP contribution in [0.2, 0.25) is 0 Å². The Hall–Kier alpha value is -1.71. The summed E-state index contributed by atoms with van der Waals surface area (Å²) >= 11 is 0. The third-order valence-electron chi connectivity index (χ3n) is 3.47. The summed E-state index contributed by atoms with van der Waals surface area (Å²) in [4.78, 5) is 12.1. The van der Waals surface area contributed by atoms with Crippen LogP contribution in [-0.4, -0.2) is 19.6 Å². The summed E-state index contributed by atoms with van der Waals surface area (Å²) in [5, 5.41) is 2.93. The van der Waals surface area contributed by atoms with Gasteiger partial charge in [-0.05, 0) is 23.5 Å². The first-order valence-electron chi connectivity index (χ1n) is 6.47. The summed E-state index contributed by atoms with van der Waals surface area (Å²) < 4.78 is 5.11. The van der Waals surface area contributed by atoms with Gasteiger partial charge in [0.15, 0.2) is 0 Å². The van der Waals surface area contributed by atoms with Crippen LogP contribution in [0.15, 0.2) is 18.2 Å². The van der Waals surface area contributed by atoms with Gasteiger partial charge in [-0.15, -0.1) is 0 Å². The fraction of sp³-hybridized carbons (Fsp3) is 0.533. The number of hydrogen-bond acceptors (Lipinski definition) is 3. The third kappa shape index (κ3) is 4.47. The molecule has 0 saturated carbocycles. The van der Waals surface area contributed by atoms with E-state index in [-0.39, 0.29) is 11.3 Å². The first-order chi connectivity index (χ1) is 8.74. The van der Waals surface area contributed by atoms with E-state index >= 15 is 0 Å². The van der Waals surface area contributed by atoms with Gasteiger partial charge in [-0.2, -0.15) is 0 Å². The fourth-order valence-corrected chi connectivity index (χ4v) is 1.53. The molecular formula is C15H24N2O2. The number of rotatable bonds is 4. The van der Waals surface area contributed by atoms with Crippen molar-refractivity contribution in [3.63, 3.8) is 0 Å². The maximum absolute atomic E-state index is 12.1. The quantitative estimate of drug-likeness (QED) is 0.822. The van der Waals surface area contributed by atoms with Crippen molar-refractivity contribution in [1.82, 2.24) is 5.32 Å². The van der Waals surface area contributed by atoms with Crippen LogP contribution in [0.1, 0.15) is 38.1 Å². The molecular weight excluding hydrogens is 240 g/mol. The van der Waals surface area contributed by atoms with Gasteiger partial charge < -0.3 is 15.8 Å². The smallest absolute Gasteiger partial charge is 0.251 e. The zero-order valence-electron chi connectivity index (χ0n) is 12.4. The van der Waals surface area contributed by atoms with Gasteiger partial charge in [-0.3, -0.25) is 4.79 Å². The predicted molar refractivity (Wildman–Crippen MR) is 78.4 cm³/mol. The number of carbonyl (C=O) groups is 1. The molecule has 19 heavy (non-hydrogen) atoms. The first-order valence-corrected chi connectivity index (χ1v) is 6.47. The maximum atomic E-state index is 12.1. The third-order valence-corrected chi connectivity index (χ3v) is 3.47. The van der Waals surface area contributed by atoms with E-state index in [1.54, 1.807) is 25.3 Å². The molecule has 0 saturated heterocycles. The van der Waals surface area contributed by atoms with Crippen molar-refractivity contribution in [3.8, 4) is 5.75 Å². The number of methoxy groups -OCH3 is 1. The van der Waals surface area contributed by atoms with E-state index < -0.39 is 0 Å². The fourth-order valence-electron chi connectivity index (χ4n) is 1.53. The molecule has 1 rings (SSSR count). The van der Waals surface area contributed by atoms with Crippen molar-refractivity contribution in [2.24, 2.45) is 11.3 Å². The average Bonchev–Trinajstić information content (AvgIpc) is 2.33. The number of carbonyl (C=O) groups excluding carboxylic acids is 1. The SMILES string of the molecule is COc1cc(N)cc(C(=O)NCC(C)C(C)(C)C)c1. The molecule has 1 aromatic rings. The Morgan fingerprint density at radius 2 is 2.00 bits per heavy atom. The molecule has 0 spiro atoms. The molecule has 1 amide bonds. The van der Waals surface area contributed by atoms with Crippen LogP contribution < -0.4 is 15.8 Å². The molecule has 0 aliphatic rings. The van der Waals surface area contributed by atoms with Crippen LogP contribution in [0.25, 0.3) is 0 Å². The normalized spacial score (nSPS) is 12.9. The lowest BCUT2D eigenvalue weighted by Crippen LogP contribution is -2.33. The maximum Gasteiger partial charge on any atom is 0.251 e. The van der Waals surface area contributed by atoms with Gasteiger partial charge in [0.05, 0.1) is 7.11 Å². The average molecular weight is 264 g/mol. The molecule has 0 aliphatic carbocycles. The van der Waals surface area contributed by atoms with Crippen LogP contribution in [-0.2, 0) is 0 Å². The number of nitrogens with two attached hydrogens (primary N) is 1. The number of amides is 1. The van der Waals surface area contributed by atoms with Crippen molar-refractivity contribution < 1.29 is 9.53 Å². The Balaban J connectivity index is 2.71. The van der Waals surface area contributed by atoms with Gasteiger partial charge in [0.1, 0.15) is 5.75 Å². The van der Waals surface area contributed by atoms with Crippen molar-refractivity contribution >= 4 is 11.6 Å². The number of nitrogens with one attached hydrogen (secondary N) is 1. The minimum Gasteiger partial charge on any atom is -0.497 e. The molecule has 0 radical (unpaired) electrons. The molecule has 1 aromatic carbocycles. The molecule has 0 bridgehead atoms.